The van der Waals surface area contributed by atoms with Crippen molar-refractivity contribution in [3.05, 3.63) is 65.4 Å². The molecule has 5 rings (SSSR count). The molecule has 4 aromatic rings. The molecule has 1 atom stereocenters. The Morgan fingerprint density at radius 1 is 1.03 bits per heavy atom. The van der Waals surface area contributed by atoms with E-state index in [0.717, 1.165) is 47.5 Å². The highest BCUT2D eigenvalue weighted by Gasteiger charge is 2.22. The predicted octanol–water partition coefficient (Wildman–Crippen LogP) is 4.05. The minimum Gasteiger partial charge on any atom is -0.376 e. The number of rotatable bonds is 7. The summed E-state index contributed by atoms with van der Waals surface area (Å²) in [7, 11) is 0. The predicted molar refractivity (Wildman–Crippen MR) is 118 cm³/mol. The second-order valence-corrected chi connectivity index (χ2v) is 8.57. The van der Waals surface area contributed by atoms with Crippen molar-refractivity contribution in [1.82, 2.24) is 35.0 Å². The lowest BCUT2D eigenvalue weighted by Gasteiger charge is -2.14. The number of tetrazole rings is 1. The standard InChI is InChI=1S/C21H20ClN7OS/c22-16-10-8-15(9-11-16)20-24-25-21(28(20)13-18-7-4-12-30-18)31-14-19-23-26-27-29(19)17-5-2-1-3-6-17/h1-3,5-6,8-11,18H,4,7,12-14H2/t18-/m1/s1. The molecule has 1 aliphatic rings. The summed E-state index contributed by atoms with van der Waals surface area (Å²) in [5, 5.41) is 22.6. The van der Waals surface area contributed by atoms with Gasteiger partial charge in [0.2, 0.25) is 0 Å². The molecule has 1 saturated heterocycles. The normalized spacial score (nSPS) is 16.1. The summed E-state index contributed by atoms with van der Waals surface area (Å²) in [6, 6.07) is 17.5. The first kappa shape index (κ1) is 20.2. The van der Waals surface area contributed by atoms with E-state index in [1.165, 1.54) is 0 Å². The van der Waals surface area contributed by atoms with Crippen LogP contribution in [0.4, 0.5) is 0 Å². The van der Waals surface area contributed by atoms with Gasteiger partial charge in [0.1, 0.15) is 0 Å². The number of hydrogen-bond donors (Lipinski definition) is 0. The molecule has 0 unspecified atom stereocenters. The van der Waals surface area contributed by atoms with E-state index in [2.05, 4.69) is 30.3 Å². The molecule has 0 N–H and O–H groups in total. The Hall–Kier alpha value is -2.75. The molecular weight excluding hydrogens is 434 g/mol. The maximum absolute atomic E-state index is 6.07. The molecule has 8 nitrogen and oxygen atoms in total. The van der Waals surface area contributed by atoms with Crippen LogP contribution in [0, 0.1) is 0 Å². The lowest BCUT2D eigenvalue weighted by molar-refractivity contribution is 0.0953. The monoisotopic (exact) mass is 453 g/mol. The molecule has 2 aromatic heterocycles. The van der Waals surface area contributed by atoms with E-state index in [4.69, 9.17) is 16.3 Å². The minimum atomic E-state index is 0.163. The van der Waals surface area contributed by atoms with Crippen LogP contribution in [0.1, 0.15) is 18.7 Å². The van der Waals surface area contributed by atoms with Crippen LogP contribution in [-0.4, -0.2) is 47.7 Å². The van der Waals surface area contributed by atoms with Gasteiger partial charge in [0.25, 0.3) is 0 Å². The third-order valence-corrected chi connectivity index (χ3v) is 6.31. The van der Waals surface area contributed by atoms with Crippen LogP contribution in [0.15, 0.2) is 59.8 Å². The van der Waals surface area contributed by atoms with Crippen molar-refractivity contribution in [3.63, 3.8) is 0 Å². The first-order chi connectivity index (χ1) is 15.3. The first-order valence-corrected chi connectivity index (χ1v) is 11.4. The van der Waals surface area contributed by atoms with Crippen molar-refractivity contribution in [2.24, 2.45) is 0 Å². The average molecular weight is 454 g/mol. The zero-order valence-electron chi connectivity index (χ0n) is 16.6. The molecular formula is C21H20ClN7OS. The molecule has 0 aliphatic carbocycles. The molecule has 0 spiro atoms. The molecule has 0 saturated carbocycles. The molecule has 0 amide bonds. The van der Waals surface area contributed by atoms with E-state index in [1.807, 2.05) is 54.6 Å². The first-order valence-electron chi connectivity index (χ1n) is 10.0. The van der Waals surface area contributed by atoms with Gasteiger partial charge < -0.3 is 4.74 Å². The zero-order chi connectivity index (χ0) is 21.0. The lowest BCUT2D eigenvalue weighted by atomic mass is 10.2. The summed E-state index contributed by atoms with van der Waals surface area (Å²) < 4.78 is 9.74. The van der Waals surface area contributed by atoms with Gasteiger partial charge in [0, 0.05) is 17.2 Å². The van der Waals surface area contributed by atoms with Crippen molar-refractivity contribution in [2.45, 2.75) is 36.4 Å². The van der Waals surface area contributed by atoms with Gasteiger partial charge in [0.15, 0.2) is 16.8 Å². The van der Waals surface area contributed by atoms with Crippen molar-refractivity contribution < 1.29 is 4.74 Å². The molecule has 2 aromatic carbocycles. The summed E-state index contributed by atoms with van der Waals surface area (Å²) in [5.41, 5.74) is 1.89. The van der Waals surface area contributed by atoms with Gasteiger partial charge in [-0.1, -0.05) is 41.6 Å². The van der Waals surface area contributed by atoms with Crippen LogP contribution in [0.2, 0.25) is 5.02 Å². The van der Waals surface area contributed by atoms with Crippen LogP contribution in [-0.2, 0) is 17.0 Å². The number of para-hydroxylation sites is 1. The van der Waals surface area contributed by atoms with Gasteiger partial charge in [-0.2, -0.15) is 4.68 Å². The Morgan fingerprint density at radius 3 is 2.65 bits per heavy atom. The molecule has 158 valence electrons. The highest BCUT2D eigenvalue weighted by Crippen LogP contribution is 2.29. The molecule has 31 heavy (non-hydrogen) atoms. The Bertz CT molecular complexity index is 1140. The second-order valence-electron chi connectivity index (χ2n) is 7.19. The topological polar surface area (TPSA) is 83.5 Å². The number of nitrogens with zero attached hydrogens (tertiary/aromatic N) is 7. The average Bonchev–Trinajstić information content (AvgIpc) is 3.56. The van der Waals surface area contributed by atoms with Gasteiger partial charge in [-0.25, -0.2) is 0 Å². The molecule has 10 heteroatoms. The zero-order valence-corrected chi connectivity index (χ0v) is 18.2. The van der Waals surface area contributed by atoms with Crippen LogP contribution in [0.3, 0.4) is 0 Å². The molecule has 1 fully saturated rings. The van der Waals surface area contributed by atoms with Gasteiger partial charge in [-0.3, -0.25) is 4.57 Å². The lowest BCUT2D eigenvalue weighted by Crippen LogP contribution is -2.16. The van der Waals surface area contributed by atoms with Gasteiger partial charge in [0.05, 0.1) is 24.1 Å². The van der Waals surface area contributed by atoms with Crippen molar-refractivity contribution in [1.29, 1.82) is 0 Å². The maximum Gasteiger partial charge on any atom is 0.192 e. The summed E-state index contributed by atoms with van der Waals surface area (Å²) >= 11 is 7.63. The Balaban J connectivity index is 1.41. The van der Waals surface area contributed by atoms with E-state index in [9.17, 15) is 0 Å². The number of hydrogen-bond acceptors (Lipinski definition) is 7. The third-order valence-electron chi connectivity index (χ3n) is 5.09. The smallest absolute Gasteiger partial charge is 0.192 e. The number of halogens is 1. The quantitative estimate of drug-likeness (QED) is 0.390. The summed E-state index contributed by atoms with van der Waals surface area (Å²) in [4.78, 5) is 0. The number of thioether (sulfide) groups is 1. The van der Waals surface area contributed by atoms with Gasteiger partial charge in [-0.05, 0) is 59.7 Å². The Labute approximate surface area is 188 Å². The molecule has 0 radical (unpaired) electrons. The number of benzene rings is 2. The fourth-order valence-electron chi connectivity index (χ4n) is 3.56. The van der Waals surface area contributed by atoms with E-state index >= 15 is 0 Å². The van der Waals surface area contributed by atoms with E-state index in [-0.39, 0.29) is 6.10 Å². The van der Waals surface area contributed by atoms with Crippen molar-refractivity contribution in [3.8, 4) is 17.1 Å². The van der Waals surface area contributed by atoms with Crippen LogP contribution in [0.25, 0.3) is 17.1 Å². The highest BCUT2D eigenvalue weighted by molar-refractivity contribution is 7.98. The van der Waals surface area contributed by atoms with Crippen LogP contribution in [0.5, 0.6) is 0 Å². The van der Waals surface area contributed by atoms with Gasteiger partial charge >= 0.3 is 0 Å². The van der Waals surface area contributed by atoms with Crippen molar-refractivity contribution in [2.75, 3.05) is 6.61 Å². The van der Waals surface area contributed by atoms with E-state index in [0.29, 0.717) is 17.3 Å². The maximum atomic E-state index is 6.07. The van der Waals surface area contributed by atoms with E-state index in [1.54, 1.807) is 16.4 Å². The van der Waals surface area contributed by atoms with E-state index < -0.39 is 0 Å². The number of ether oxygens (including phenoxy) is 1. The molecule has 3 heterocycles. The fourth-order valence-corrected chi connectivity index (χ4v) is 4.54. The largest absolute Gasteiger partial charge is 0.376 e. The van der Waals surface area contributed by atoms with Gasteiger partial charge in [-0.15, -0.1) is 15.3 Å². The Morgan fingerprint density at radius 2 is 1.87 bits per heavy atom. The van der Waals surface area contributed by atoms with Crippen LogP contribution < -0.4 is 0 Å². The SMILES string of the molecule is Clc1ccc(-c2nnc(SCc3nnnn3-c3ccccc3)n2C[C@H]2CCCO2)cc1. The van der Waals surface area contributed by atoms with Crippen LogP contribution >= 0.6 is 23.4 Å². The van der Waals surface area contributed by atoms with Crippen molar-refractivity contribution >= 4 is 23.4 Å². The molecule has 0 bridgehead atoms. The second kappa shape index (κ2) is 9.17. The minimum absolute atomic E-state index is 0.163. The third kappa shape index (κ3) is 4.48. The summed E-state index contributed by atoms with van der Waals surface area (Å²) in [5.74, 6) is 2.11. The Kier molecular flexibility index (Phi) is 5.97. The fraction of sp³-hybridized carbons (Fsp3) is 0.286. The summed E-state index contributed by atoms with van der Waals surface area (Å²) in [6.07, 6.45) is 2.28. The number of aromatic nitrogens is 7. The molecule has 1 aliphatic heterocycles. The summed E-state index contributed by atoms with van der Waals surface area (Å²) in [6.45, 7) is 1.51. The highest BCUT2D eigenvalue weighted by atomic mass is 35.5.